The molecule has 0 atom stereocenters. The minimum absolute atomic E-state index is 0.785. The van der Waals surface area contributed by atoms with Gasteiger partial charge in [-0.05, 0) is 48.0 Å². The van der Waals surface area contributed by atoms with Crippen molar-refractivity contribution in [1.29, 1.82) is 0 Å². The number of methoxy groups -OCH3 is 1. The van der Waals surface area contributed by atoms with Crippen LogP contribution in [0.5, 0.6) is 5.75 Å². The highest BCUT2D eigenvalue weighted by molar-refractivity contribution is 7.99. The zero-order valence-electron chi connectivity index (χ0n) is 12.3. The number of aromatic nitrogens is 5. The molecule has 0 unspecified atom stereocenters. The highest BCUT2D eigenvalue weighted by Crippen LogP contribution is 2.22. The van der Waals surface area contributed by atoms with Crippen LogP contribution in [-0.2, 0) is 6.42 Å². The lowest BCUT2D eigenvalue weighted by molar-refractivity contribution is 0.414. The topological polar surface area (TPSA) is 65.7 Å². The van der Waals surface area contributed by atoms with Gasteiger partial charge in [0.25, 0.3) is 0 Å². The first-order valence-electron chi connectivity index (χ1n) is 6.72. The minimum atomic E-state index is 0.785. The van der Waals surface area contributed by atoms with Crippen molar-refractivity contribution in [2.24, 2.45) is 0 Å². The first kappa shape index (κ1) is 15.0. The minimum Gasteiger partial charge on any atom is -0.497 e. The average molecular weight is 333 g/mol. The summed E-state index contributed by atoms with van der Waals surface area (Å²) >= 11 is 3.33. The van der Waals surface area contributed by atoms with Crippen molar-refractivity contribution >= 4 is 23.1 Å². The van der Waals surface area contributed by atoms with Crippen LogP contribution in [0.2, 0.25) is 0 Å². The molecule has 0 aliphatic rings. The molecule has 2 heterocycles. The van der Waals surface area contributed by atoms with E-state index in [4.69, 9.17) is 4.74 Å². The highest BCUT2D eigenvalue weighted by atomic mass is 32.2. The number of ether oxygens (including phenoxy) is 1. The van der Waals surface area contributed by atoms with Gasteiger partial charge >= 0.3 is 0 Å². The first-order valence-corrected chi connectivity index (χ1v) is 8.59. The van der Waals surface area contributed by atoms with Crippen molar-refractivity contribution in [1.82, 2.24) is 25.2 Å². The van der Waals surface area contributed by atoms with Gasteiger partial charge in [0.1, 0.15) is 5.75 Å². The number of nitrogens with zero attached hydrogens (tertiary/aromatic N) is 5. The molecule has 0 radical (unpaired) electrons. The summed E-state index contributed by atoms with van der Waals surface area (Å²) in [5.41, 5.74) is 3.92. The van der Waals surface area contributed by atoms with E-state index in [1.54, 1.807) is 34.9 Å². The molecule has 0 saturated carbocycles. The summed E-state index contributed by atoms with van der Waals surface area (Å²) in [6, 6.07) is 7.66. The molecule has 0 spiro atoms. The third kappa shape index (κ3) is 3.28. The number of rotatable bonds is 6. The summed E-state index contributed by atoms with van der Waals surface area (Å²) in [5.74, 6) is 1.73. The third-order valence-corrected chi connectivity index (χ3v) is 5.08. The maximum atomic E-state index is 5.16. The predicted molar refractivity (Wildman–Crippen MR) is 87.0 cm³/mol. The zero-order chi connectivity index (χ0) is 15.4. The van der Waals surface area contributed by atoms with E-state index in [9.17, 15) is 0 Å². The summed E-state index contributed by atoms with van der Waals surface area (Å²) in [6.45, 7) is 2.04. The number of hydrogen-bond donors (Lipinski definition) is 0. The zero-order valence-corrected chi connectivity index (χ0v) is 13.9. The summed E-state index contributed by atoms with van der Waals surface area (Å²) < 4.78 is 6.90. The molecule has 3 rings (SSSR count). The lowest BCUT2D eigenvalue weighted by Crippen LogP contribution is -2.00. The van der Waals surface area contributed by atoms with E-state index >= 15 is 0 Å². The van der Waals surface area contributed by atoms with Crippen LogP contribution >= 0.6 is 23.1 Å². The average Bonchev–Trinajstić information content (AvgIpc) is 3.17. The fourth-order valence-electron chi connectivity index (χ4n) is 1.96. The van der Waals surface area contributed by atoms with Crippen LogP contribution in [0, 0.1) is 6.92 Å². The molecule has 22 heavy (non-hydrogen) atoms. The summed E-state index contributed by atoms with van der Waals surface area (Å²) in [5, 5.41) is 12.7. The number of tetrazole rings is 1. The smallest absolute Gasteiger partial charge is 0.214 e. The Balaban J connectivity index is 1.67. The Hall–Kier alpha value is -1.93. The number of benzene rings is 1. The van der Waals surface area contributed by atoms with Crippen LogP contribution in [0.15, 0.2) is 34.9 Å². The molecular weight excluding hydrogens is 318 g/mol. The molecule has 6 nitrogen and oxygen atoms in total. The van der Waals surface area contributed by atoms with Crippen LogP contribution in [0.1, 0.15) is 10.6 Å². The molecular formula is C14H15N5OS2. The largest absolute Gasteiger partial charge is 0.497 e. The monoisotopic (exact) mass is 333 g/mol. The molecule has 3 aromatic rings. The second kappa shape index (κ2) is 6.89. The van der Waals surface area contributed by atoms with Crippen LogP contribution in [-0.4, -0.2) is 38.1 Å². The predicted octanol–water partition coefficient (Wildman–Crippen LogP) is 2.77. The van der Waals surface area contributed by atoms with E-state index in [0.29, 0.717) is 0 Å². The Morgan fingerprint density at radius 2 is 2.09 bits per heavy atom. The highest BCUT2D eigenvalue weighted by Gasteiger charge is 2.10. The Labute approximate surface area is 136 Å². The van der Waals surface area contributed by atoms with Gasteiger partial charge in [0.2, 0.25) is 5.16 Å². The number of hydrogen-bond acceptors (Lipinski definition) is 7. The lowest BCUT2D eigenvalue weighted by atomic mass is 10.3. The van der Waals surface area contributed by atoms with E-state index in [-0.39, 0.29) is 0 Å². The number of aryl methyl sites for hydroxylation is 2. The molecule has 0 saturated heterocycles. The van der Waals surface area contributed by atoms with Crippen molar-refractivity contribution in [2.45, 2.75) is 18.5 Å². The van der Waals surface area contributed by atoms with Crippen LogP contribution in [0.3, 0.4) is 0 Å². The SMILES string of the molecule is COc1ccc(-n2nnnc2SCCc2scnc2C)cc1. The van der Waals surface area contributed by atoms with Crippen molar-refractivity contribution in [3.63, 3.8) is 0 Å². The van der Waals surface area contributed by atoms with Crippen LogP contribution in [0.4, 0.5) is 0 Å². The van der Waals surface area contributed by atoms with Gasteiger partial charge in [-0.3, -0.25) is 0 Å². The molecule has 0 bridgehead atoms. The number of thiazole rings is 1. The molecule has 0 amide bonds. The van der Waals surface area contributed by atoms with E-state index in [0.717, 1.165) is 34.5 Å². The van der Waals surface area contributed by atoms with Crippen molar-refractivity contribution < 1.29 is 4.74 Å². The second-order valence-electron chi connectivity index (χ2n) is 4.53. The van der Waals surface area contributed by atoms with Crippen molar-refractivity contribution in [3.8, 4) is 11.4 Å². The maximum absolute atomic E-state index is 5.16. The molecule has 0 N–H and O–H groups in total. The van der Waals surface area contributed by atoms with Gasteiger partial charge in [-0.2, -0.15) is 4.68 Å². The van der Waals surface area contributed by atoms with Crippen molar-refractivity contribution in [2.75, 3.05) is 12.9 Å². The van der Waals surface area contributed by atoms with E-state index in [1.165, 1.54) is 4.88 Å². The quantitative estimate of drug-likeness (QED) is 0.646. The Kier molecular flexibility index (Phi) is 4.69. The van der Waals surface area contributed by atoms with Gasteiger partial charge in [0, 0.05) is 10.6 Å². The molecule has 114 valence electrons. The van der Waals surface area contributed by atoms with Crippen LogP contribution < -0.4 is 4.74 Å². The Morgan fingerprint density at radius 1 is 1.27 bits per heavy atom. The molecule has 1 aromatic carbocycles. The summed E-state index contributed by atoms with van der Waals surface area (Å²) in [7, 11) is 1.65. The molecule has 0 aliphatic heterocycles. The molecule has 2 aromatic heterocycles. The van der Waals surface area contributed by atoms with Gasteiger partial charge < -0.3 is 4.74 Å². The van der Waals surface area contributed by atoms with E-state index in [2.05, 4.69) is 20.5 Å². The lowest BCUT2D eigenvalue weighted by Gasteiger charge is -2.05. The third-order valence-electron chi connectivity index (χ3n) is 3.16. The first-order chi connectivity index (χ1) is 10.8. The van der Waals surface area contributed by atoms with E-state index in [1.807, 2.05) is 36.7 Å². The molecule has 8 heteroatoms. The summed E-state index contributed by atoms with van der Waals surface area (Å²) in [4.78, 5) is 5.58. The van der Waals surface area contributed by atoms with Gasteiger partial charge in [-0.25, -0.2) is 4.98 Å². The Bertz CT molecular complexity index is 738. The van der Waals surface area contributed by atoms with Gasteiger partial charge in [0.15, 0.2) is 0 Å². The molecule has 0 fully saturated rings. The fraction of sp³-hybridized carbons (Fsp3) is 0.286. The molecule has 0 aliphatic carbocycles. The van der Waals surface area contributed by atoms with Gasteiger partial charge in [-0.1, -0.05) is 11.8 Å². The fourth-order valence-corrected chi connectivity index (χ4v) is 3.71. The van der Waals surface area contributed by atoms with E-state index < -0.39 is 0 Å². The normalized spacial score (nSPS) is 10.8. The second-order valence-corrected chi connectivity index (χ2v) is 6.53. The maximum Gasteiger partial charge on any atom is 0.214 e. The summed E-state index contributed by atoms with van der Waals surface area (Å²) in [6.07, 6.45) is 0.969. The standard InChI is InChI=1S/C14H15N5OS2/c1-10-13(22-9-15-10)7-8-21-14-16-17-18-19(14)11-3-5-12(20-2)6-4-11/h3-6,9H,7-8H2,1-2H3. The Morgan fingerprint density at radius 3 is 2.77 bits per heavy atom. The van der Waals surface area contributed by atoms with Crippen LogP contribution in [0.25, 0.3) is 5.69 Å². The van der Waals surface area contributed by atoms with Gasteiger partial charge in [-0.15, -0.1) is 16.4 Å². The van der Waals surface area contributed by atoms with Crippen molar-refractivity contribution in [3.05, 3.63) is 40.3 Å². The van der Waals surface area contributed by atoms with Gasteiger partial charge in [0.05, 0.1) is 24.0 Å². The number of thioether (sulfide) groups is 1.